The fraction of sp³-hybridized carbons (Fsp3) is 0.579. The van der Waals surface area contributed by atoms with Crippen LogP contribution in [0.2, 0.25) is 0 Å². The summed E-state index contributed by atoms with van der Waals surface area (Å²) in [4.78, 5) is 23.5. The van der Waals surface area contributed by atoms with Gasteiger partial charge in [-0.05, 0) is 36.8 Å². The van der Waals surface area contributed by atoms with Gasteiger partial charge in [0, 0.05) is 19.5 Å². The standard InChI is InChI=1S/C19H26N2O5S/c22-17(12-19(13-18(23)24)9-4-5-10-19)20-14-16-8-11-21(27(16,25)26)15-6-2-1-3-7-15/h1-3,6-7,16H,4-5,8-14H2,(H,20,22)(H,23,24). The van der Waals surface area contributed by atoms with E-state index < -0.39 is 26.7 Å². The fourth-order valence-corrected chi connectivity index (χ4v) is 6.12. The number of nitrogens with one attached hydrogen (secondary N) is 1. The molecule has 0 spiro atoms. The predicted octanol–water partition coefficient (Wildman–Crippen LogP) is 2.14. The Morgan fingerprint density at radius 3 is 2.44 bits per heavy atom. The lowest BCUT2D eigenvalue weighted by atomic mass is 9.79. The van der Waals surface area contributed by atoms with E-state index in [4.69, 9.17) is 5.11 Å². The Bertz CT molecular complexity index is 788. The molecule has 1 aromatic carbocycles. The molecule has 27 heavy (non-hydrogen) atoms. The summed E-state index contributed by atoms with van der Waals surface area (Å²) in [7, 11) is -3.51. The largest absolute Gasteiger partial charge is 0.481 e. The molecule has 0 aromatic heterocycles. The molecule has 2 N–H and O–H groups in total. The zero-order chi connectivity index (χ0) is 19.5. The lowest BCUT2D eigenvalue weighted by Gasteiger charge is -2.26. The second-order valence-electron chi connectivity index (χ2n) is 7.62. The number of amides is 1. The molecule has 2 aliphatic rings. The van der Waals surface area contributed by atoms with Crippen molar-refractivity contribution in [2.45, 2.75) is 50.2 Å². The van der Waals surface area contributed by atoms with Crippen LogP contribution in [0.25, 0.3) is 0 Å². The maximum Gasteiger partial charge on any atom is 0.303 e. The first-order valence-corrected chi connectivity index (χ1v) is 10.9. The molecule has 1 saturated heterocycles. The quantitative estimate of drug-likeness (QED) is 0.737. The molecule has 148 valence electrons. The lowest BCUT2D eigenvalue weighted by Crippen LogP contribution is -2.39. The Morgan fingerprint density at radius 1 is 1.15 bits per heavy atom. The van der Waals surface area contributed by atoms with E-state index in [-0.39, 0.29) is 25.3 Å². The summed E-state index contributed by atoms with van der Waals surface area (Å²) in [5.74, 6) is -1.15. The van der Waals surface area contributed by atoms with Crippen molar-refractivity contribution in [3.63, 3.8) is 0 Å². The highest BCUT2D eigenvalue weighted by atomic mass is 32.2. The topological polar surface area (TPSA) is 104 Å². The first-order valence-electron chi connectivity index (χ1n) is 9.38. The second-order valence-corrected chi connectivity index (χ2v) is 9.76. The van der Waals surface area contributed by atoms with Gasteiger partial charge in [-0.1, -0.05) is 31.0 Å². The minimum atomic E-state index is -3.51. The van der Waals surface area contributed by atoms with Crippen LogP contribution in [0.5, 0.6) is 0 Å². The first kappa shape index (κ1) is 19.7. The minimum Gasteiger partial charge on any atom is -0.481 e. The summed E-state index contributed by atoms with van der Waals surface area (Å²) in [6.45, 7) is 0.462. The van der Waals surface area contributed by atoms with Gasteiger partial charge in [0.25, 0.3) is 0 Å². The van der Waals surface area contributed by atoms with Crippen molar-refractivity contribution in [3.8, 4) is 0 Å². The van der Waals surface area contributed by atoms with Crippen molar-refractivity contribution >= 4 is 27.6 Å². The Balaban J connectivity index is 1.58. The van der Waals surface area contributed by atoms with Gasteiger partial charge in [-0.25, -0.2) is 8.42 Å². The number of nitrogens with zero attached hydrogens (tertiary/aromatic N) is 1. The Labute approximate surface area is 159 Å². The van der Waals surface area contributed by atoms with Crippen molar-refractivity contribution in [1.82, 2.24) is 5.32 Å². The van der Waals surface area contributed by atoms with Gasteiger partial charge in [0.05, 0.1) is 17.4 Å². The van der Waals surface area contributed by atoms with Crippen molar-refractivity contribution in [1.29, 1.82) is 0 Å². The highest BCUT2D eigenvalue weighted by Gasteiger charge is 2.40. The molecule has 1 aromatic rings. The Hall–Kier alpha value is -2.09. The number of hydrogen-bond donors (Lipinski definition) is 2. The van der Waals surface area contributed by atoms with Gasteiger partial charge >= 0.3 is 5.97 Å². The van der Waals surface area contributed by atoms with Gasteiger partial charge in [0.2, 0.25) is 15.9 Å². The van der Waals surface area contributed by atoms with Gasteiger partial charge in [0.15, 0.2) is 0 Å². The molecular weight excluding hydrogens is 368 g/mol. The molecule has 1 saturated carbocycles. The van der Waals surface area contributed by atoms with Crippen LogP contribution in [0.4, 0.5) is 5.69 Å². The number of sulfonamides is 1. The minimum absolute atomic E-state index is 0.00999. The summed E-state index contributed by atoms with van der Waals surface area (Å²) in [6, 6.07) is 8.94. The third kappa shape index (κ3) is 4.43. The molecule has 1 unspecified atom stereocenters. The van der Waals surface area contributed by atoms with Crippen molar-refractivity contribution in [2.24, 2.45) is 5.41 Å². The monoisotopic (exact) mass is 394 g/mol. The molecular formula is C19H26N2O5S. The Kier molecular flexibility index (Phi) is 5.74. The highest BCUT2D eigenvalue weighted by Crippen LogP contribution is 2.44. The van der Waals surface area contributed by atoms with E-state index in [0.717, 1.165) is 25.7 Å². The van der Waals surface area contributed by atoms with Crippen molar-refractivity contribution < 1.29 is 23.1 Å². The van der Waals surface area contributed by atoms with E-state index in [0.29, 0.717) is 18.7 Å². The maximum absolute atomic E-state index is 12.8. The van der Waals surface area contributed by atoms with E-state index in [1.54, 1.807) is 24.3 Å². The number of benzene rings is 1. The molecule has 8 heteroatoms. The van der Waals surface area contributed by atoms with Crippen molar-refractivity contribution in [3.05, 3.63) is 30.3 Å². The van der Waals surface area contributed by atoms with Crippen LogP contribution in [0.15, 0.2) is 30.3 Å². The van der Waals surface area contributed by atoms with Crippen LogP contribution < -0.4 is 9.62 Å². The smallest absolute Gasteiger partial charge is 0.303 e. The SMILES string of the molecule is O=C(O)CC1(CC(=O)NCC2CCN(c3ccccc3)S2(=O)=O)CCCC1. The molecule has 0 radical (unpaired) electrons. The van der Waals surface area contributed by atoms with Crippen LogP contribution in [-0.2, 0) is 19.6 Å². The van der Waals surface area contributed by atoms with E-state index in [2.05, 4.69) is 5.32 Å². The van der Waals surface area contributed by atoms with Crippen LogP contribution >= 0.6 is 0 Å². The van der Waals surface area contributed by atoms with Gasteiger partial charge in [-0.3, -0.25) is 13.9 Å². The van der Waals surface area contributed by atoms with Crippen LogP contribution in [0.1, 0.15) is 44.9 Å². The van der Waals surface area contributed by atoms with Crippen LogP contribution in [0.3, 0.4) is 0 Å². The number of carbonyl (C=O) groups excluding carboxylic acids is 1. The number of anilines is 1. The summed E-state index contributed by atoms with van der Waals surface area (Å²) in [5.41, 5.74) is 0.151. The van der Waals surface area contributed by atoms with Crippen LogP contribution in [-0.4, -0.2) is 43.7 Å². The van der Waals surface area contributed by atoms with Gasteiger partial charge in [-0.2, -0.15) is 0 Å². The fourth-order valence-electron chi connectivity index (χ4n) is 4.29. The molecule has 1 amide bonds. The number of carbonyl (C=O) groups is 2. The zero-order valence-corrected chi connectivity index (χ0v) is 16.1. The van der Waals surface area contributed by atoms with E-state index in [1.807, 2.05) is 6.07 Å². The third-order valence-electron chi connectivity index (χ3n) is 5.68. The zero-order valence-electron chi connectivity index (χ0n) is 15.3. The number of rotatable bonds is 7. The normalized spacial score (nSPS) is 23.3. The van der Waals surface area contributed by atoms with Crippen molar-refractivity contribution in [2.75, 3.05) is 17.4 Å². The van der Waals surface area contributed by atoms with E-state index >= 15 is 0 Å². The molecule has 2 fully saturated rings. The Morgan fingerprint density at radius 2 is 1.81 bits per heavy atom. The molecule has 1 heterocycles. The summed E-state index contributed by atoms with van der Waals surface area (Å²) in [5, 5.41) is 11.2. The molecule has 1 atom stereocenters. The molecule has 3 rings (SSSR count). The van der Waals surface area contributed by atoms with Crippen LogP contribution in [0, 0.1) is 5.41 Å². The molecule has 1 aliphatic carbocycles. The third-order valence-corrected chi connectivity index (χ3v) is 7.93. The molecule has 7 nitrogen and oxygen atoms in total. The summed E-state index contributed by atoms with van der Waals surface area (Å²) in [6.07, 6.45) is 3.93. The molecule has 1 aliphatic heterocycles. The average Bonchev–Trinajstić information content (AvgIpc) is 3.17. The average molecular weight is 394 g/mol. The second kappa shape index (κ2) is 7.88. The van der Waals surface area contributed by atoms with Gasteiger partial charge in [-0.15, -0.1) is 0 Å². The first-order chi connectivity index (χ1) is 12.8. The van der Waals surface area contributed by atoms with Gasteiger partial charge in [0.1, 0.15) is 0 Å². The summed E-state index contributed by atoms with van der Waals surface area (Å²) >= 11 is 0. The number of carboxylic acids is 1. The lowest BCUT2D eigenvalue weighted by molar-refractivity contribution is -0.140. The maximum atomic E-state index is 12.8. The van der Waals surface area contributed by atoms with E-state index in [1.165, 1.54) is 4.31 Å². The van der Waals surface area contributed by atoms with Gasteiger partial charge < -0.3 is 10.4 Å². The number of carboxylic acid groups (broad SMARTS) is 1. The number of aliphatic carboxylic acids is 1. The number of hydrogen-bond acceptors (Lipinski definition) is 4. The number of para-hydroxylation sites is 1. The van der Waals surface area contributed by atoms with E-state index in [9.17, 15) is 18.0 Å². The molecule has 0 bridgehead atoms. The highest BCUT2D eigenvalue weighted by molar-refractivity contribution is 7.93. The summed E-state index contributed by atoms with van der Waals surface area (Å²) < 4.78 is 26.9. The predicted molar refractivity (Wildman–Crippen MR) is 102 cm³/mol.